The van der Waals surface area contributed by atoms with Gasteiger partial charge in [-0.3, -0.25) is 0 Å². The predicted molar refractivity (Wildman–Crippen MR) is 81.3 cm³/mol. The summed E-state index contributed by atoms with van der Waals surface area (Å²) in [5.41, 5.74) is 2.38. The van der Waals surface area contributed by atoms with Gasteiger partial charge < -0.3 is 0 Å². The Morgan fingerprint density at radius 1 is 0.947 bits per heavy atom. The lowest BCUT2D eigenvalue weighted by Crippen LogP contribution is -1.81. The first-order chi connectivity index (χ1) is 9.42. The van der Waals surface area contributed by atoms with Crippen LogP contribution in [0.4, 0.5) is 0 Å². The summed E-state index contributed by atoms with van der Waals surface area (Å²) < 4.78 is 1.20. The first-order valence-electron chi connectivity index (χ1n) is 6.30. The minimum absolute atomic E-state index is 0.875. The molecule has 1 aromatic heterocycles. The van der Waals surface area contributed by atoms with Gasteiger partial charge in [0, 0.05) is 6.42 Å². The fourth-order valence-corrected chi connectivity index (χ4v) is 2.76. The molecular formula is C17H13NS. The van der Waals surface area contributed by atoms with E-state index in [2.05, 4.69) is 47.2 Å². The third kappa shape index (κ3) is 3.01. The molecule has 0 spiro atoms. The molecule has 3 rings (SSSR count). The largest absolute Gasteiger partial charge is 0.228 e. The van der Waals surface area contributed by atoms with Crippen molar-refractivity contribution in [2.45, 2.75) is 12.8 Å². The van der Waals surface area contributed by atoms with Gasteiger partial charge in [0.25, 0.3) is 0 Å². The smallest absolute Gasteiger partial charge is 0.168 e. The van der Waals surface area contributed by atoms with Gasteiger partial charge in [0.1, 0.15) is 0 Å². The summed E-state index contributed by atoms with van der Waals surface area (Å²) in [6.45, 7) is 0. The van der Waals surface area contributed by atoms with Gasteiger partial charge in [-0.2, -0.15) is 0 Å². The van der Waals surface area contributed by atoms with E-state index in [1.165, 1.54) is 10.3 Å². The first kappa shape index (κ1) is 12.0. The van der Waals surface area contributed by atoms with Crippen molar-refractivity contribution in [2.24, 2.45) is 0 Å². The molecule has 1 heterocycles. The lowest BCUT2D eigenvalue weighted by molar-refractivity contribution is 1.03. The Kier molecular flexibility index (Phi) is 3.58. The number of hydrogen-bond donors (Lipinski definition) is 0. The molecule has 0 N–H and O–H groups in total. The van der Waals surface area contributed by atoms with Crippen LogP contribution in [0, 0.1) is 11.8 Å². The minimum atomic E-state index is 0.875. The molecule has 2 aromatic carbocycles. The van der Waals surface area contributed by atoms with Gasteiger partial charge in [-0.15, -0.1) is 11.3 Å². The molecule has 0 aliphatic rings. The van der Waals surface area contributed by atoms with Crippen LogP contribution >= 0.6 is 11.3 Å². The standard InChI is InChI=1S/C17H13NS/c1-2-8-14(9-3-1)10-4-7-13-17-18-15-11-5-6-12-16(15)19-17/h1-3,5-6,8-9,11-12H,4,10H2. The quantitative estimate of drug-likeness (QED) is 0.629. The fourth-order valence-electron chi connectivity index (χ4n) is 1.92. The molecule has 0 aliphatic heterocycles. The van der Waals surface area contributed by atoms with Crippen molar-refractivity contribution < 1.29 is 0 Å². The van der Waals surface area contributed by atoms with Gasteiger partial charge in [0.15, 0.2) is 5.01 Å². The summed E-state index contributed by atoms with van der Waals surface area (Å²) in [4.78, 5) is 4.50. The zero-order valence-electron chi connectivity index (χ0n) is 10.5. The van der Waals surface area contributed by atoms with Crippen LogP contribution in [0.2, 0.25) is 0 Å². The number of nitrogens with zero attached hydrogens (tertiary/aromatic N) is 1. The Morgan fingerprint density at radius 2 is 1.74 bits per heavy atom. The third-order valence-corrected chi connectivity index (χ3v) is 3.82. The van der Waals surface area contributed by atoms with Gasteiger partial charge in [0.2, 0.25) is 0 Å². The number of rotatable bonds is 2. The maximum atomic E-state index is 4.50. The summed E-state index contributed by atoms with van der Waals surface area (Å²) in [6.07, 6.45) is 1.87. The fraction of sp³-hybridized carbons (Fsp3) is 0.118. The summed E-state index contributed by atoms with van der Waals surface area (Å²) in [5, 5.41) is 0.911. The van der Waals surface area contributed by atoms with Crippen molar-refractivity contribution in [1.82, 2.24) is 4.98 Å². The average molecular weight is 263 g/mol. The lowest BCUT2D eigenvalue weighted by Gasteiger charge is -1.94. The highest BCUT2D eigenvalue weighted by Crippen LogP contribution is 2.20. The van der Waals surface area contributed by atoms with Crippen molar-refractivity contribution in [2.75, 3.05) is 0 Å². The SMILES string of the molecule is C(#Cc1nc2ccccc2s1)CCc1ccccc1. The van der Waals surface area contributed by atoms with Crippen molar-refractivity contribution >= 4 is 21.6 Å². The topological polar surface area (TPSA) is 12.9 Å². The zero-order chi connectivity index (χ0) is 12.9. The second-order valence-electron chi connectivity index (χ2n) is 4.27. The molecule has 0 atom stereocenters. The van der Waals surface area contributed by atoms with Crippen molar-refractivity contribution in [3.8, 4) is 11.8 Å². The Bertz CT molecular complexity index is 699. The number of fused-ring (bicyclic) bond motifs is 1. The Hall–Kier alpha value is -2.11. The van der Waals surface area contributed by atoms with Gasteiger partial charge in [-0.05, 0) is 30.0 Å². The van der Waals surface area contributed by atoms with Gasteiger partial charge in [0.05, 0.1) is 10.2 Å². The molecule has 0 amide bonds. The number of thiazole rings is 1. The number of benzene rings is 2. The van der Waals surface area contributed by atoms with Crippen molar-refractivity contribution in [3.63, 3.8) is 0 Å². The minimum Gasteiger partial charge on any atom is -0.228 e. The van der Waals surface area contributed by atoms with Gasteiger partial charge in [-0.1, -0.05) is 48.4 Å². The maximum Gasteiger partial charge on any atom is 0.168 e. The molecule has 0 bridgehead atoms. The van der Waals surface area contributed by atoms with Crippen LogP contribution in [0.3, 0.4) is 0 Å². The molecule has 0 saturated heterocycles. The Morgan fingerprint density at radius 3 is 2.58 bits per heavy atom. The number of aromatic nitrogens is 1. The van der Waals surface area contributed by atoms with E-state index in [4.69, 9.17) is 0 Å². The van der Waals surface area contributed by atoms with E-state index < -0.39 is 0 Å². The van der Waals surface area contributed by atoms with Gasteiger partial charge in [-0.25, -0.2) is 4.98 Å². The highest BCUT2D eigenvalue weighted by atomic mass is 32.1. The molecule has 0 fully saturated rings. The zero-order valence-corrected chi connectivity index (χ0v) is 11.3. The molecule has 92 valence electrons. The summed E-state index contributed by atoms with van der Waals surface area (Å²) >= 11 is 1.66. The van der Waals surface area contributed by atoms with Crippen LogP contribution in [0.5, 0.6) is 0 Å². The van der Waals surface area contributed by atoms with Crippen LogP contribution in [0.25, 0.3) is 10.2 Å². The average Bonchev–Trinajstić information content (AvgIpc) is 2.87. The van der Waals surface area contributed by atoms with E-state index in [0.717, 1.165) is 23.4 Å². The molecule has 3 aromatic rings. The van der Waals surface area contributed by atoms with Gasteiger partial charge >= 0.3 is 0 Å². The molecule has 0 saturated carbocycles. The highest BCUT2D eigenvalue weighted by molar-refractivity contribution is 7.19. The van der Waals surface area contributed by atoms with E-state index in [0.29, 0.717) is 0 Å². The summed E-state index contributed by atoms with van der Waals surface area (Å²) in [5.74, 6) is 6.37. The van der Waals surface area contributed by atoms with Crippen molar-refractivity contribution in [3.05, 3.63) is 65.2 Å². The summed E-state index contributed by atoms with van der Waals surface area (Å²) in [7, 11) is 0. The monoisotopic (exact) mass is 263 g/mol. The second-order valence-corrected chi connectivity index (χ2v) is 5.30. The van der Waals surface area contributed by atoms with Crippen LogP contribution in [0.1, 0.15) is 17.0 Å². The highest BCUT2D eigenvalue weighted by Gasteiger charge is 1.98. The lowest BCUT2D eigenvalue weighted by atomic mass is 10.1. The van der Waals surface area contributed by atoms with Crippen molar-refractivity contribution in [1.29, 1.82) is 0 Å². The third-order valence-electron chi connectivity index (χ3n) is 2.87. The van der Waals surface area contributed by atoms with E-state index >= 15 is 0 Å². The normalized spacial score (nSPS) is 10.1. The molecule has 2 heteroatoms. The second kappa shape index (κ2) is 5.69. The van der Waals surface area contributed by atoms with E-state index in [1.54, 1.807) is 11.3 Å². The molecule has 0 unspecified atom stereocenters. The van der Waals surface area contributed by atoms with E-state index in [9.17, 15) is 0 Å². The predicted octanol–water partition coefficient (Wildman–Crippen LogP) is 4.28. The molecular weight excluding hydrogens is 250 g/mol. The molecule has 1 nitrogen and oxygen atoms in total. The number of hydrogen-bond acceptors (Lipinski definition) is 2. The van der Waals surface area contributed by atoms with Crippen LogP contribution < -0.4 is 0 Å². The summed E-state index contributed by atoms with van der Waals surface area (Å²) in [6, 6.07) is 18.6. The maximum absolute atomic E-state index is 4.50. The Balaban J connectivity index is 1.67. The number of para-hydroxylation sites is 1. The Labute approximate surface area is 116 Å². The van der Waals surface area contributed by atoms with E-state index in [-0.39, 0.29) is 0 Å². The van der Waals surface area contributed by atoms with Crippen LogP contribution in [0.15, 0.2) is 54.6 Å². The van der Waals surface area contributed by atoms with Crippen LogP contribution in [-0.4, -0.2) is 4.98 Å². The first-order valence-corrected chi connectivity index (χ1v) is 7.12. The van der Waals surface area contributed by atoms with Crippen LogP contribution in [-0.2, 0) is 6.42 Å². The molecule has 0 aliphatic carbocycles. The van der Waals surface area contributed by atoms with E-state index in [1.807, 2.05) is 24.3 Å². The molecule has 0 radical (unpaired) electrons. The molecule has 19 heavy (non-hydrogen) atoms. The number of aryl methyl sites for hydroxylation is 1.